The molecule has 1 aromatic heterocycles. The van der Waals surface area contributed by atoms with E-state index in [-0.39, 0.29) is 17.6 Å². The molecule has 4 heteroatoms. The van der Waals surface area contributed by atoms with Crippen molar-refractivity contribution in [3.63, 3.8) is 0 Å². The molecule has 0 saturated carbocycles. The van der Waals surface area contributed by atoms with Gasteiger partial charge in [0.1, 0.15) is 0 Å². The first-order valence-corrected chi connectivity index (χ1v) is 8.36. The average Bonchev–Trinajstić information content (AvgIpc) is 2.55. The predicted molar refractivity (Wildman–Crippen MR) is 100 cm³/mol. The Labute approximate surface area is 142 Å². The van der Waals surface area contributed by atoms with E-state index in [4.69, 9.17) is 4.98 Å². The summed E-state index contributed by atoms with van der Waals surface area (Å²) >= 11 is 0. The van der Waals surface area contributed by atoms with E-state index < -0.39 is 0 Å². The lowest BCUT2D eigenvalue weighted by Gasteiger charge is -2.33. The number of anilines is 1. The van der Waals surface area contributed by atoms with Crippen LogP contribution in [0.2, 0.25) is 0 Å². The number of fused-ring (bicyclic) bond motifs is 1. The van der Waals surface area contributed by atoms with Crippen LogP contribution in [0.25, 0.3) is 16.6 Å². The first-order chi connectivity index (χ1) is 11.5. The second-order valence-electron chi connectivity index (χ2n) is 6.50. The van der Waals surface area contributed by atoms with Crippen molar-refractivity contribution < 1.29 is 0 Å². The molecule has 0 aliphatic rings. The number of hydrogen-bond donors (Lipinski definition) is 0. The molecule has 0 aliphatic heterocycles. The van der Waals surface area contributed by atoms with Crippen LogP contribution in [0.5, 0.6) is 0 Å². The zero-order chi connectivity index (χ0) is 17.3. The van der Waals surface area contributed by atoms with Gasteiger partial charge in [-0.25, -0.2) is 9.55 Å². The maximum absolute atomic E-state index is 13.2. The summed E-state index contributed by atoms with van der Waals surface area (Å²) < 4.78 is 1.72. The van der Waals surface area contributed by atoms with Gasteiger partial charge in [0.25, 0.3) is 5.56 Å². The van der Waals surface area contributed by atoms with Gasteiger partial charge < -0.3 is 4.90 Å². The van der Waals surface area contributed by atoms with E-state index in [1.165, 1.54) is 0 Å². The Morgan fingerprint density at radius 2 is 1.46 bits per heavy atom. The third kappa shape index (κ3) is 2.80. The molecule has 1 heterocycles. The number of benzene rings is 2. The second kappa shape index (κ2) is 6.48. The highest BCUT2D eigenvalue weighted by molar-refractivity contribution is 5.79. The summed E-state index contributed by atoms with van der Waals surface area (Å²) in [7, 11) is 0. The molecule has 24 heavy (non-hydrogen) atoms. The van der Waals surface area contributed by atoms with Gasteiger partial charge in [0.05, 0.1) is 16.6 Å². The lowest BCUT2D eigenvalue weighted by atomic mass is 10.2. The first kappa shape index (κ1) is 16.2. The van der Waals surface area contributed by atoms with Crippen molar-refractivity contribution in [2.24, 2.45) is 0 Å². The van der Waals surface area contributed by atoms with E-state index in [1.54, 1.807) is 4.57 Å². The van der Waals surface area contributed by atoms with Crippen molar-refractivity contribution in [2.75, 3.05) is 4.90 Å². The molecule has 0 N–H and O–H groups in total. The normalized spacial score (nSPS) is 11.4. The van der Waals surface area contributed by atoms with Crippen molar-refractivity contribution >= 4 is 16.9 Å². The molecule has 0 fully saturated rings. The topological polar surface area (TPSA) is 38.1 Å². The average molecular weight is 321 g/mol. The monoisotopic (exact) mass is 321 g/mol. The van der Waals surface area contributed by atoms with Gasteiger partial charge in [0, 0.05) is 12.1 Å². The van der Waals surface area contributed by atoms with Gasteiger partial charge in [-0.05, 0) is 52.0 Å². The van der Waals surface area contributed by atoms with Crippen LogP contribution in [-0.4, -0.2) is 21.6 Å². The Morgan fingerprint density at radius 1 is 0.875 bits per heavy atom. The third-order valence-corrected chi connectivity index (χ3v) is 4.12. The molecule has 0 atom stereocenters. The Morgan fingerprint density at radius 3 is 2.08 bits per heavy atom. The molecular weight excluding hydrogens is 298 g/mol. The molecule has 4 nitrogen and oxygen atoms in total. The summed E-state index contributed by atoms with van der Waals surface area (Å²) in [5.41, 5.74) is 1.53. The summed E-state index contributed by atoms with van der Waals surface area (Å²) in [6.07, 6.45) is 0. The number of para-hydroxylation sites is 2. The van der Waals surface area contributed by atoms with Crippen LogP contribution in [0.3, 0.4) is 0 Å². The van der Waals surface area contributed by atoms with Crippen LogP contribution in [0, 0.1) is 0 Å². The summed E-state index contributed by atoms with van der Waals surface area (Å²) in [6, 6.07) is 17.7. The van der Waals surface area contributed by atoms with Crippen molar-refractivity contribution in [1.29, 1.82) is 0 Å². The molecular formula is C20H23N3O. The molecule has 0 aliphatic carbocycles. The van der Waals surface area contributed by atoms with Gasteiger partial charge in [-0.1, -0.05) is 30.3 Å². The van der Waals surface area contributed by atoms with Crippen molar-refractivity contribution in [2.45, 2.75) is 39.8 Å². The van der Waals surface area contributed by atoms with E-state index in [1.807, 2.05) is 54.6 Å². The van der Waals surface area contributed by atoms with Crippen molar-refractivity contribution in [3.05, 3.63) is 65.0 Å². The van der Waals surface area contributed by atoms with Gasteiger partial charge in [0.15, 0.2) is 0 Å². The number of hydrogen-bond acceptors (Lipinski definition) is 3. The Hall–Kier alpha value is -2.62. The standard InChI is InChI=1S/C20H23N3O/c1-14(2)22(15(3)4)20-21-18-13-9-8-12-17(18)19(24)23(20)16-10-6-5-7-11-16/h5-15H,1-4H3. The Kier molecular flexibility index (Phi) is 4.38. The zero-order valence-electron chi connectivity index (χ0n) is 14.6. The fourth-order valence-corrected chi connectivity index (χ4v) is 3.16. The molecule has 0 radical (unpaired) electrons. The van der Waals surface area contributed by atoms with Gasteiger partial charge in [-0.15, -0.1) is 0 Å². The fourth-order valence-electron chi connectivity index (χ4n) is 3.16. The first-order valence-electron chi connectivity index (χ1n) is 8.36. The molecule has 0 bridgehead atoms. The summed E-state index contributed by atoms with van der Waals surface area (Å²) in [5.74, 6) is 0.690. The van der Waals surface area contributed by atoms with Crippen LogP contribution < -0.4 is 10.5 Å². The minimum atomic E-state index is -0.0342. The Bertz CT molecular complexity index is 890. The van der Waals surface area contributed by atoms with Crippen LogP contribution in [0.1, 0.15) is 27.7 Å². The maximum Gasteiger partial charge on any atom is 0.267 e. The van der Waals surface area contributed by atoms with Crippen LogP contribution in [0.4, 0.5) is 5.95 Å². The van der Waals surface area contributed by atoms with Crippen LogP contribution >= 0.6 is 0 Å². The second-order valence-corrected chi connectivity index (χ2v) is 6.50. The molecule has 0 saturated heterocycles. The van der Waals surface area contributed by atoms with E-state index in [9.17, 15) is 4.79 Å². The van der Waals surface area contributed by atoms with Crippen molar-refractivity contribution in [1.82, 2.24) is 9.55 Å². The molecule has 2 aromatic carbocycles. The summed E-state index contributed by atoms with van der Waals surface area (Å²) in [6.45, 7) is 8.49. The Balaban J connectivity index is 2.40. The number of rotatable bonds is 4. The highest BCUT2D eigenvalue weighted by Gasteiger charge is 2.22. The number of nitrogens with zero attached hydrogens (tertiary/aromatic N) is 3. The summed E-state index contributed by atoms with van der Waals surface area (Å²) in [5, 5.41) is 0.637. The highest BCUT2D eigenvalue weighted by Crippen LogP contribution is 2.22. The van der Waals surface area contributed by atoms with Gasteiger partial charge in [-0.3, -0.25) is 4.79 Å². The molecule has 3 aromatic rings. The van der Waals surface area contributed by atoms with E-state index in [2.05, 4.69) is 32.6 Å². The molecule has 0 amide bonds. The quantitative estimate of drug-likeness (QED) is 0.729. The fraction of sp³-hybridized carbons (Fsp3) is 0.300. The lowest BCUT2D eigenvalue weighted by Crippen LogP contribution is -2.41. The SMILES string of the molecule is CC(C)N(c1nc2ccccc2c(=O)n1-c1ccccc1)C(C)C. The van der Waals surface area contributed by atoms with Crippen LogP contribution in [0.15, 0.2) is 59.4 Å². The smallest absolute Gasteiger partial charge is 0.267 e. The number of aromatic nitrogens is 2. The third-order valence-electron chi connectivity index (χ3n) is 4.12. The highest BCUT2D eigenvalue weighted by atomic mass is 16.1. The van der Waals surface area contributed by atoms with Gasteiger partial charge >= 0.3 is 0 Å². The summed E-state index contributed by atoms with van der Waals surface area (Å²) in [4.78, 5) is 20.2. The van der Waals surface area contributed by atoms with Gasteiger partial charge in [-0.2, -0.15) is 0 Å². The van der Waals surface area contributed by atoms with Crippen LogP contribution in [-0.2, 0) is 0 Å². The van der Waals surface area contributed by atoms with Crippen molar-refractivity contribution in [3.8, 4) is 5.69 Å². The lowest BCUT2D eigenvalue weighted by molar-refractivity contribution is 0.583. The van der Waals surface area contributed by atoms with E-state index >= 15 is 0 Å². The molecule has 0 spiro atoms. The molecule has 124 valence electrons. The zero-order valence-corrected chi connectivity index (χ0v) is 14.6. The van der Waals surface area contributed by atoms with E-state index in [0.29, 0.717) is 11.3 Å². The minimum Gasteiger partial charge on any atom is -0.337 e. The predicted octanol–water partition coefficient (Wildman–Crippen LogP) is 4.01. The molecule has 0 unspecified atom stereocenters. The molecule has 3 rings (SSSR count). The van der Waals surface area contributed by atoms with E-state index in [0.717, 1.165) is 11.2 Å². The maximum atomic E-state index is 13.2. The van der Waals surface area contributed by atoms with Gasteiger partial charge in [0.2, 0.25) is 5.95 Å². The minimum absolute atomic E-state index is 0.0342. The largest absolute Gasteiger partial charge is 0.337 e.